The fourth-order valence-corrected chi connectivity index (χ4v) is 2.68. The highest BCUT2D eigenvalue weighted by atomic mass is 32.2. The first-order valence-corrected chi connectivity index (χ1v) is 9.40. The van der Waals surface area contributed by atoms with Gasteiger partial charge in [0.15, 0.2) is 5.17 Å². The van der Waals surface area contributed by atoms with E-state index < -0.39 is 28.8 Å². The molecule has 148 valence electrons. The minimum atomic E-state index is -0.949. The lowest BCUT2D eigenvalue weighted by Crippen LogP contribution is -2.24. The first kappa shape index (κ1) is 21.6. The van der Waals surface area contributed by atoms with Crippen molar-refractivity contribution in [2.75, 3.05) is 0 Å². The van der Waals surface area contributed by atoms with Gasteiger partial charge in [0.1, 0.15) is 17.2 Å². The van der Waals surface area contributed by atoms with Crippen LogP contribution in [0.5, 0.6) is 0 Å². The fraction of sp³-hybridized carbons (Fsp3) is 0.250. The van der Waals surface area contributed by atoms with Crippen molar-refractivity contribution in [3.63, 3.8) is 0 Å². The molecule has 0 spiro atoms. The van der Waals surface area contributed by atoms with Crippen LogP contribution in [0.25, 0.3) is 0 Å². The summed E-state index contributed by atoms with van der Waals surface area (Å²) in [6, 6.07) is 11.4. The van der Waals surface area contributed by atoms with Crippen LogP contribution in [0.3, 0.4) is 0 Å². The van der Waals surface area contributed by atoms with Crippen LogP contribution in [-0.4, -0.2) is 23.0 Å². The average Bonchev–Trinajstić information content (AvgIpc) is 2.61. The van der Waals surface area contributed by atoms with Crippen LogP contribution < -0.4 is 5.73 Å². The number of hydrogen-bond donors (Lipinski definition) is 1. The Morgan fingerprint density at radius 1 is 1.18 bits per heavy atom. The van der Waals surface area contributed by atoms with Gasteiger partial charge in [-0.1, -0.05) is 42.1 Å². The zero-order valence-corrected chi connectivity index (χ0v) is 16.6. The maximum absolute atomic E-state index is 14.2. The zero-order chi connectivity index (χ0) is 20.7. The van der Waals surface area contributed by atoms with Crippen molar-refractivity contribution in [1.82, 2.24) is 0 Å². The highest BCUT2D eigenvalue weighted by Crippen LogP contribution is 2.18. The molecule has 0 saturated carbocycles. The second-order valence-electron chi connectivity index (χ2n) is 6.81. The largest absolute Gasteiger partial charge is 0.456 e. The molecule has 0 atom stereocenters. The lowest BCUT2D eigenvalue weighted by atomic mass is 10.1. The van der Waals surface area contributed by atoms with Crippen LogP contribution in [0.2, 0.25) is 0 Å². The van der Waals surface area contributed by atoms with Crippen LogP contribution in [0.4, 0.5) is 8.78 Å². The summed E-state index contributed by atoms with van der Waals surface area (Å²) in [4.78, 5) is 11.9. The van der Waals surface area contributed by atoms with E-state index in [1.807, 2.05) is 30.3 Å². The van der Waals surface area contributed by atoms with Gasteiger partial charge in [-0.15, -0.1) is 5.10 Å². The standard InChI is InChI=1S/C20H21F2N3O2S/c1-20(2,3)27-18(26)14-9-16(21)15(17(22)10-14)11-24-25-19(23)28-12-13-7-5-4-6-8-13/h4-11H,12H2,1-3H3,(H2,23,25). The lowest BCUT2D eigenvalue weighted by molar-refractivity contribution is 0.00684. The predicted molar refractivity (Wildman–Crippen MR) is 108 cm³/mol. The van der Waals surface area contributed by atoms with Gasteiger partial charge in [0.2, 0.25) is 0 Å². The predicted octanol–water partition coefficient (Wildman–Crippen LogP) is 4.50. The number of amidine groups is 1. The van der Waals surface area contributed by atoms with Crippen molar-refractivity contribution < 1.29 is 18.3 Å². The van der Waals surface area contributed by atoms with Gasteiger partial charge in [-0.05, 0) is 38.5 Å². The third kappa shape index (κ3) is 6.77. The summed E-state index contributed by atoms with van der Waals surface area (Å²) in [5.41, 5.74) is 5.39. The van der Waals surface area contributed by atoms with Gasteiger partial charge in [0.25, 0.3) is 0 Å². The molecule has 2 N–H and O–H groups in total. The molecule has 0 fully saturated rings. The summed E-state index contributed by atoms with van der Waals surface area (Å²) < 4.78 is 33.5. The Labute approximate surface area is 166 Å². The van der Waals surface area contributed by atoms with Gasteiger partial charge in [0.05, 0.1) is 17.3 Å². The molecule has 0 aliphatic heterocycles. The van der Waals surface area contributed by atoms with E-state index in [2.05, 4.69) is 10.2 Å². The van der Waals surface area contributed by atoms with Gasteiger partial charge in [-0.25, -0.2) is 13.6 Å². The van der Waals surface area contributed by atoms with Crippen molar-refractivity contribution in [1.29, 1.82) is 0 Å². The molecule has 2 rings (SSSR count). The minimum absolute atomic E-state index is 0.159. The van der Waals surface area contributed by atoms with Gasteiger partial charge < -0.3 is 10.5 Å². The van der Waals surface area contributed by atoms with Gasteiger partial charge in [-0.2, -0.15) is 5.10 Å². The number of nitrogens with zero attached hydrogens (tertiary/aromatic N) is 2. The molecule has 0 saturated heterocycles. The van der Waals surface area contributed by atoms with Crippen molar-refractivity contribution in [2.45, 2.75) is 32.1 Å². The zero-order valence-electron chi connectivity index (χ0n) is 15.8. The molecular formula is C20H21F2N3O2S. The molecular weight excluding hydrogens is 384 g/mol. The van der Waals surface area contributed by atoms with Gasteiger partial charge in [0, 0.05) is 5.75 Å². The Morgan fingerprint density at radius 2 is 1.79 bits per heavy atom. The molecule has 2 aromatic rings. The first-order chi connectivity index (χ1) is 13.2. The maximum Gasteiger partial charge on any atom is 0.338 e. The minimum Gasteiger partial charge on any atom is -0.456 e. The molecule has 5 nitrogen and oxygen atoms in total. The number of benzene rings is 2. The van der Waals surface area contributed by atoms with Crippen LogP contribution in [0, 0.1) is 11.6 Å². The smallest absolute Gasteiger partial charge is 0.338 e. The van der Waals surface area contributed by atoms with E-state index in [1.165, 1.54) is 11.8 Å². The molecule has 0 bridgehead atoms. The maximum atomic E-state index is 14.2. The summed E-state index contributed by atoms with van der Waals surface area (Å²) >= 11 is 1.25. The Morgan fingerprint density at radius 3 is 2.36 bits per heavy atom. The number of carbonyl (C=O) groups is 1. The molecule has 0 radical (unpaired) electrons. The van der Waals surface area contributed by atoms with Crippen LogP contribution in [0.15, 0.2) is 52.7 Å². The first-order valence-electron chi connectivity index (χ1n) is 8.41. The molecule has 0 aliphatic rings. The fourth-order valence-electron chi connectivity index (χ4n) is 2.07. The normalized spacial score (nSPS) is 12.4. The third-order valence-electron chi connectivity index (χ3n) is 3.29. The number of hydrogen-bond acceptors (Lipinski definition) is 5. The van der Waals surface area contributed by atoms with E-state index in [0.717, 1.165) is 23.9 Å². The van der Waals surface area contributed by atoms with E-state index in [0.29, 0.717) is 5.75 Å². The molecule has 0 unspecified atom stereocenters. The van der Waals surface area contributed by atoms with Crippen LogP contribution in [0.1, 0.15) is 42.3 Å². The van der Waals surface area contributed by atoms with Crippen molar-refractivity contribution in [2.24, 2.45) is 15.9 Å². The monoisotopic (exact) mass is 405 g/mol. The molecule has 2 aromatic carbocycles. The van der Waals surface area contributed by atoms with Crippen LogP contribution >= 0.6 is 11.8 Å². The Balaban J connectivity index is 2.05. The van der Waals surface area contributed by atoms with Crippen molar-refractivity contribution >= 4 is 29.1 Å². The van der Waals surface area contributed by atoms with Crippen molar-refractivity contribution in [3.05, 3.63) is 70.8 Å². The number of nitrogens with two attached hydrogens (primary N) is 1. The quantitative estimate of drug-likeness (QED) is 0.344. The highest BCUT2D eigenvalue weighted by Gasteiger charge is 2.20. The Kier molecular flexibility index (Phi) is 7.28. The Hall–Kier alpha value is -2.74. The molecule has 8 heteroatoms. The van der Waals surface area contributed by atoms with Gasteiger partial charge >= 0.3 is 5.97 Å². The molecule has 0 aromatic heterocycles. The summed E-state index contributed by atoms with van der Waals surface area (Å²) in [6.07, 6.45) is 0.916. The van der Waals surface area contributed by atoms with Crippen LogP contribution in [-0.2, 0) is 10.5 Å². The number of rotatable bonds is 5. The summed E-state index contributed by atoms with van der Waals surface area (Å²) in [6.45, 7) is 4.99. The molecule has 0 heterocycles. The number of esters is 1. The lowest BCUT2D eigenvalue weighted by Gasteiger charge is -2.19. The summed E-state index contributed by atoms with van der Waals surface area (Å²) in [7, 11) is 0. The summed E-state index contributed by atoms with van der Waals surface area (Å²) in [5, 5.41) is 7.51. The second kappa shape index (κ2) is 9.45. The SMILES string of the molecule is CC(C)(C)OC(=O)c1cc(F)c(C=NN=C(N)SCc2ccccc2)c(F)c1. The van der Waals surface area contributed by atoms with E-state index in [9.17, 15) is 13.6 Å². The topological polar surface area (TPSA) is 77.0 Å². The van der Waals surface area contributed by atoms with Crippen molar-refractivity contribution in [3.8, 4) is 0 Å². The highest BCUT2D eigenvalue weighted by molar-refractivity contribution is 8.13. The number of carbonyl (C=O) groups excluding carboxylic acids is 1. The number of halogens is 2. The van der Waals surface area contributed by atoms with Gasteiger partial charge in [-0.3, -0.25) is 0 Å². The number of ether oxygens (including phenoxy) is 1. The third-order valence-corrected chi connectivity index (χ3v) is 4.14. The molecule has 0 aliphatic carbocycles. The van der Waals surface area contributed by atoms with E-state index in [4.69, 9.17) is 10.5 Å². The summed E-state index contributed by atoms with van der Waals surface area (Å²) in [5.74, 6) is -2.11. The average molecular weight is 405 g/mol. The van der Waals surface area contributed by atoms with E-state index in [-0.39, 0.29) is 10.7 Å². The molecule has 28 heavy (non-hydrogen) atoms. The van der Waals surface area contributed by atoms with E-state index >= 15 is 0 Å². The van der Waals surface area contributed by atoms with E-state index in [1.54, 1.807) is 20.8 Å². The Bertz CT molecular complexity index is 871. The molecule has 0 amide bonds. The second-order valence-corrected chi connectivity index (χ2v) is 7.81. The number of thioether (sulfide) groups is 1.